The largest absolute Gasteiger partial charge is 0.479 e. The zero-order valence-electron chi connectivity index (χ0n) is 11.0. The fourth-order valence-electron chi connectivity index (χ4n) is 1.78. The van der Waals surface area contributed by atoms with Crippen molar-refractivity contribution in [1.82, 2.24) is 4.98 Å². The molecule has 6 heteroatoms. The number of anilines is 1. The molecule has 0 spiro atoms. The van der Waals surface area contributed by atoms with Gasteiger partial charge in [0, 0.05) is 0 Å². The topological polar surface area (TPSA) is 95.6 Å². The van der Waals surface area contributed by atoms with E-state index in [1.807, 2.05) is 26.0 Å². The highest BCUT2D eigenvalue weighted by Gasteiger charge is 2.30. The molecule has 0 saturated carbocycles. The number of hydrogen-bond acceptors (Lipinski definition) is 5. The molecule has 3 N–H and O–H groups in total. The number of carbonyl (C=O) groups is 1. The summed E-state index contributed by atoms with van der Waals surface area (Å²) in [7, 11) is 0. The van der Waals surface area contributed by atoms with Gasteiger partial charge in [-0.1, -0.05) is 6.07 Å². The number of benzene rings is 1. The molecule has 0 aliphatic rings. The van der Waals surface area contributed by atoms with Crippen LogP contribution in [0.15, 0.2) is 16.5 Å². The second-order valence-corrected chi connectivity index (χ2v) is 4.88. The van der Waals surface area contributed by atoms with Crippen molar-refractivity contribution in [3.8, 4) is 0 Å². The number of carboxylic acid groups (broad SMARTS) is 1. The highest BCUT2D eigenvalue weighted by Crippen LogP contribution is 2.24. The third kappa shape index (κ3) is 2.68. The molecule has 0 bridgehead atoms. The summed E-state index contributed by atoms with van der Waals surface area (Å²) < 4.78 is 5.50. The van der Waals surface area contributed by atoms with Gasteiger partial charge in [0.2, 0.25) is 0 Å². The maximum absolute atomic E-state index is 10.8. The second-order valence-electron chi connectivity index (χ2n) is 4.88. The number of aliphatic carboxylic acids is 1. The van der Waals surface area contributed by atoms with Crippen molar-refractivity contribution in [2.75, 3.05) is 11.9 Å². The van der Waals surface area contributed by atoms with Crippen LogP contribution in [0.4, 0.5) is 6.01 Å². The van der Waals surface area contributed by atoms with Crippen molar-refractivity contribution < 1.29 is 19.4 Å². The molecule has 19 heavy (non-hydrogen) atoms. The van der Waals surface area contributed by atoms with Gasteiger partial charge in [-0.25, -0.2) is 4.79 Å². The molecule has 0 aliphatic carbocycles. The molecular formula is C13H16N2O4. The van der Waals surface area contributed by atoms with Crippen LogP contribution in [0.5, 0.6) is 0 Å². The summed E-state index contributed by atoms with van der Waals surface area (Å²) in [4.78, 5) is 15.0. The molecule has 0 fully saturated rings. The predicted molar refractivity (Wildman–Crippen MR) is 70.2 cm³/mol. The number of oxazole rings is 1. The van der Waals surface area contributed by atoms with Crippen molar-refractivity contribution in [1.29, 1.82) is 0 Å². The Morgan fingerprint density at radius 3 is 2.79 bits per heavy atom. The van der Waals surface area contributed by atoms with E-state index in [-0.39, 0.29) is 12.6 Å². The predicted octanol–water partition coefficient (Wildman–Crippen LogP) is 1.69. The van der Waals surface area contributed by atoms with Crippen molar-refractivity contribution in [3.63, 3.8) is 0 Å². The van der Waals surface area contributed by atoms with Crippen LogP contribution in [-0.4, -0.2) is 33.3 Å². The smallest absolute Gasteiger partial charge is 0.337 e. The summed E-state index contributed by atoms with van der Waals surface area (Å²) in [6.07, 6.45) is 0. The Labute approximate surface area is 110 Å². The van der Waals surface area contributed by atoms with Gasteiger partial charge in [0.25, 0.3) is 6.01 Å². The third-order valence-electron chi connectivity index (χ3n) is 2.86. The first-order valence-corrected chi connectivity index (χ1v) is 5.87. The van der Waals surface area contributed by atoms with Crippen LogP contribution in [0.3, 0.4) is 0 Å². The number of hydrogen-bond donors (Lipinski definition) is 3. The summed E-state index contributed by atoms with van der Waals surface area (Å²) in [5.74, 6) is -1.30. The van der Waals surface area contributed by atoms with Crippen LogP contribution in [-0.2, 0) is 4.79 Å². The van der Waals surface area contributed by atoms with E-state index in [4.69, 9.17) is 9.52 Å². The number of fused-ring (bicyclic) bond motifs is 1. The minimum Gasteiger partial charge on any atom is -0.479 e. The van der Waals surface area contributed by atoms with Crippen LogP contribution in [0.1, 0.15) is 18.1 Å². The standard InChI is InChI=1S/C13H16N2O4/c1-7-4-8(2)10-9(5-7)15-12(19-10)14-6-13(3,18)11(16)17/h4-5,18H,6H2,1-3H3,(H,14,15)(H,16,17). The molecule has 6 nitrogen and oxygen atoms in total. The number of carboxylic acids is 1. The van der Waals surface area contributed by atoms with Crippen molar-refractivity contribution in [2.24, 2.45) is 0 Å². The summed E-state index contributed by atoms with van der Waals surface area (Å²) in [5.41, 5.74) is 1.52. The summed E-state index contributed by atoms with van der Waals surface area (Å²) in [6, 6.07) is 4.06. The summed E-state index contributed by atoms with van der Waals surface area (Å²) in [6.45, 7) is 4.90. The van der Waals surface area contributed by atoms with Gasteiger partial charge in [0.1, 0.15) is 5.52 Å². The lowest BCUT2D eigenvalue weighted by Crippen LogP contribution is -2.41. The first kappa shape index (κ1) is 13.4. The SMILES string of the molecule is Cc1cc(C)c2oc(NCC(C)(O)C(=O)O)nc2c1. The number of rotatable bonds is 4. The van der Waals surface area contributed by atoms with Gasteiger partial charge in [-0.05, 0) is 38.0 Å². The maximum atomic E-state index is 10.8. The Kier molecular flexibility index (Phi) is 3.20. The lowest BCUT2D eigenvalue weighted by atomic mass is 10.1. The molecule has 0 saturated heterocycles. The maximum Gasteiger partial charge on any atom is 0.337 e. The lowest BCUT2D eigenvalue weighted by molar-refractivity contribution is -0.155. The van der Waals surface area contributed by atoms with Crippen molar-refractivity contribution in [2.45, 2.75) is 26.4 Å². The van der Waals surface area contributed by atoms with Gasteiger partial charge < -0.3 is 19.9 Å². The van der Waals surface area contributed by atoms with Gasteiger partial charge in [0.05, 0.1) is 6.54 Å². The molecule has 2 aromatic rings. The number of aliphatic hydroxyl groups is 1. The highest BCUT2D eigenvalue weighted by molar-refractivity contribution is 5.79. The molecule has 1 aromatic heterocycles. The molecule has 1 aromatic carbocycles. The molecule has 102 valence electrons. The number of aromatic nitrogens is 1. The van der Waals surface area contributed by atoms with E-state index >= 15 is 0 Å². The average Bonchev–Trinajstić information content (AvgIpc) is 2.69. The number of aryl methyl sites for hydroxylation is 2. The van der Waals surface area contributed by atoms with E-state index in [0.29, 0.717) is 11.1 Å². The van der Waals surface area contributed by atoms with Crippen LogP contribution in [0.25, 0.3) is 11.1 Å². The fourth-order valence-corrected chi connectivity index (χ4v) is 1.78. The van der Waals surface area contributed by atoms with Crippen LogP contribution in [0.2, 0.25) is 0 Å². The average molecular weight is 264 g/mol. The van der Waals surface area contributed by atoms with E-state index in [1.54, 1.807) is 0 Å². The quantitative estimate of drug-likeness (QED) is 0.777. The number of nitrogens with one attached hydrogen (secondary N) is 1. The monoisotopic (exact) mass is 264 g/mol. The fraction of sp³-hybridized carbons (Fsp3) is 0.385. The molecule has 1 unspecified atom stereocenters. The zero-order chi connectivity index (χ0) is 14.2. The molecule has 1 atom stereocenters. The van der Waals surface area contributed by atoms with Crippen LogP contribution < -0.4 is 5.32 Å². The van der Waals surface area contributed by atoms with E-state index in [1.165, 1.54) is 6.92 Å². The molecule has 0 radical (unpaired) electrons. The van der Waals surface area contributed by atoms with Crippen LogP contribution >= 0.6 is 0 Å². The van der Waals surface area contributed by atoms with Gasteiger partial charge in [-0.3, -0.25) is 0 Å². The zero-order valence-corrected chi connectivity index (χ0v) is 11.0. The van der Waals surface area contributed by atoms with Gasteiger partial charge >= 0.3 is 5.97 Å². The molecule has 2 rings (SSSR count). The summed E-state index contributed by atoms with van der Waals surface area (Å²) in [5, 5.41) is 21.1. The van der Waals surface area contributed by atoms with Crippen molar-refractivity contribution >= 4 is 23.1 Å². The first-order chi connectivity index (χ1) is 8.79. The Morgan fingerprint density at radius 2 is 2.16 bits per heavy atom. The van der Waals surface area contributed by atoms with Gasteiger partial charge in [-0.2, -0.15) is 4.98 Å². The Balaban J connectivity index is 2.23. The van der Waals surface area contributed by atoms with E-state index < -0.39 is 11.6 Å². The third-order valence-corrected chi connectivity index (χ3v) is 2.86. The first-order valence-electron chi connectivity index (χ1n) is 5.87. The van der Waals surface area contributed by atoms with Crippen LogP contribution in [0, 0.1) is 13.8 Å². The molecular weight excluding hydrogens is 248 g/mol. The minimum atomic E-state index is -1.87. The van der Waals surface area contributed by atoms with Gasteiger partial charge in [0.15, 0.2) is 11.2 Å². The Morgan fingerprint density at radius 1 is 1.47 bits per heavy atom. The highest BCUT2D eigenvalue weighted by atomic mass is 16.4. The Bertz CT molecular complexity index is 631. The molecule has 0 aliphatic heterocycles. The van der Waals surface area contributed by atoms with E-state index in [0.717, 1.165) is 11.1 Å². The number of nitrogens with zero attached hydrogens (tertiary/aromatic N) is 1. The molecule has 1 heterocycles. The minimum absolute atomic E-state index is 0.187. The van der Waals surface area contributed by atoms with Crippen molar-refractivity contribution in [3.05, 3.63) is 23.3 Å². The lowest BCUT2D eigenvalue weighted by Gasteiger charge is -2.17. The van der Waals surface area contributed by atoms with Gasteiger partial charge in [-0.15, -0.1) is 0 Å². The Hall–Kier alpha value is -2.08. The normalized spacial score (nSPS) is 14.3. The second kappa shape index (κ2) is 4.55. The van der Waals surface area contributed by atoms with E-state index in [9.17, 15) is 9.90 Å². The van der Waals surface area contributed by atoms with E-state index in [2.05, 4.69) is 10.3 Å². The summed E-state index contributed by atoms with van der Waals surface area (Å²) >= 11 is 0. The molecule has 0 amide bonds.